The number of carbonyl (C=O) groups is 1. The predicted octanol–water partition coefficient (Wildman–Crippen LogP) is 1.41. The van der Waals surface area contributed by atoms with E-state index in [9.17, 15) is 4.79 Å². The van der Waals surface area contributed by atoms with Crippen LogP contribution in [0.2, 0.25) is 0 Å². The summed E-state index contributed by atoms with van der Waals surface area (Å²) in [4.78, 5) is 10.8. The molecule has 12 heavy (non-hydrogen) atoms. The number of ether oxygens (including phenoxy) is 2. The zero-order chi connectivity index (χ0) is 8.97. The summed E-state index contributed by atoms with van der Waals surface area (Å²) in [6.45, 7) is 5.87. The van der Waals surface area contributed by atoms with E-state index >= 15 is 0 Å². The second-order valence-electron chi connectivity index (χ2n) is 2.48. The van der Waals surface area contributed by atoms with Crippen molar-refractivity contribution >= 4 is 5.97 Å². The molecule has 0 fully saturated rings. The van der Waals surface area contributed by atoms with E-state index in [2.05, 4.69) is 6.58 Å². The van der Waals surface area contributed by atoms with Gasteiger partial charge in [-0.25, -0.2) is 4.79 Å². The van der Waals surface area contributed by atoms with Crippen LogP contribution in [-0.2, 0) is 14.3 Å². The molecule has 0 aromatic heterocycles. The molecular formula is C9H12O3. The number of rotatable bonds is 4. The van der Waals surface area contributed by atoms with Crippen molar-refractivity contribution in [2.75, 3.05) is 6.61 Å². The molecule has 1 aliphatic heterocycles. The van der Waals surface area contributed by atoms with E-state index in [-0.39, 0.29) is 12.1 Å². The largest absolute Gasteiger partial charge is 0.490 e. The Balaban J connectivity index is 2.53. The molecule has 0 bridgehead atoms. The highest BCUT2D eigenvalue weighted by Crippen LogP contribution is 2.19. The lowest BCUT2D eigenvalue weighted by molar-refractivity contribution is -0.139. The summed E-state index contributed by atoms with van der Waals surface area (Å²) in [5.74, 6) is 0.295. The van der Waals surface area contributed by atoms with Crippen LogP contribution in [0, 0.1) is 0 Å². The standard InChI is InChI=1S/C9H12O3/c1-3-5-11-8-6-9(10)12-7(8)4-2/h3,6-7H,1,4-5H2,2H3/t7-/m0/s1. The number of cyclic esters (lactones) is 1. The average molecular weight is 168 g/mol. The zero-order valence-corrected chi connectivity index (χ0v) is 7.08. The van der Waals surface area contributed by atoms with Crippen molar-refractivity contribution in [2.24, 2.45) is 0 Å². The maximum Gasteiger partial charge on any atom is 0.335 e. The molecule has 0 N–H and O–H groups in total. The number of hydrogen-bond acceptors (Lipinski definition) is 3. The lowest BCUT2D eigenvalue weighted by atomic mass is 10.2. The molecule has 1 atom stereocenters. The molecule has 0 aromatic carbocycles. The topological polar surface area (TPSA) is 35.5 Å². The number of hydrogen-bond donors (Lipinski definition) is 0. The summed E-state index contributed by atoms with van der Waals surface area (Å²) in [5, 5.41) is 0. The van der Waals surface area contributed by atoms with Crippen LogP contribution in [0.4, 0.5) is 0 Å². The summed E-state index contributed by atoms with van der Waals surface area (Å²) in [5.41, 5.74) is 0. The SMILES string of the molecule is C=CCOC1=CC(=O)O[C@H]1CC. The molecule has 0 radical (unpaired) electrons. The normalized spacial score (nSPS) is 21.6. The summed E-state index contributed by atoms with van der Waals surface area (Å²) >= 11 is 0. The Labute approximate surface area is 71.7 Å². The van der Waals surface area contributed by atoms with Gasteiger partial charge < -0.3 is 9.47 Å². The highest BCUT2D eigenvalue weighted by Gasteiger charge is 2.25. The van der Waals surface area contributed by atoms with Gasteiger partial charge in [-0.1, -0.05) is 19.6 Å². The monoisotopic (exact) mass is 168 g/mol. The molecule has 0 saturated carbocycles. The van der Waals surface area contributed by atoms with E-state index in [0.29, 0.717) is 12.4 Å². The first-order chi connectivity index (χ1) is 5.77. The van der Waals surface area contributed by atoms with E-state index in [1.807, 2.05) is 6.92 Å². The van der Waals surface area contributed by atoms with Gasteiger partial charge in [0.15, 0.2) is 6.10 Å². The second-order valence-corrected chi connectivity index (χ2v) is 2.48. The molecule has 3 heteroatoms. The van der Waals surface area contributed by atoms with Gasteiger partial charge in [0, 0.05) is 0 Å². The van der Waals surface area contributed by atoms with E-state index in [4.69, 9.17) is 9.47 Å². The molecular weight excluding hydrogens is 156 g/mol. The predicted molar refractivity (Wildman–Crippen MR) is 44.4 cm³/mol. The van der Waals surface area contributed by atoms with Crippen LogP contribution in [0.1, 0.15) is 13.3 Å². The summed E-state index contributed by atoms with van der Waals surface area (Å²) in [6.07, 6.45) is 3.57. The smallest absolute Gasteiger partial charge is 0.335 e. The minimum absolute atomic E-state index is 0.197. The minimum atomic E-state index is -0.319. The average Bonchev–Trinajstić information content (AvgIpc) is 2.42. The van der Waals surface area contributed by atoms with E-state index in [1.54, 1.807) is 6.08 Å². The quantitative estimate of drug-likeness (QED) is 0.470. The van der Waals surface area contributed by atoms with Crippen molar-refractivity contribution in [2.45, 2.75) is 19.4 Å². The van der Waals surface area contributed by atoms with Crippen LogP contribution in [0.5, 0.6) is 0 Å². The van der Waals surface area contributed by atoms with Gasteiger partial charge in [0.25, 0.3) is 0 Å². The van der Waals surface area contributed by atoms with Gasteiger partial charge in [0.1, 0.15) is 12.4 Å². The fourth-order valence-electron chi connectivity index (χ4n) is 1.02. The number of carbonyl (C=O) groups excluding carboxylic acids is 1. The molecule has 1 rings (SSSR count). The maximum absolute atomic E-state index is 10.8. The van der Waals surface area contributed by atoms with Crippen LogP contribution in [0.25, 0.3) is 0 Å². The third-order valence-corrected chi connectivity index (χ3v) is 1.57. The van der Waals surface area contributed by atoms with Crippen LogP contribution >= 0.6 is 0 Å². The molecule has 1 heterocycles. The molecule has 0 unspecified atom stereocenters. The Morgan fingerprint density at radius 3 is 3.17 bits per heavy atom. The zero-order valence-electron chi connectivity index (χ0n) is 7.08. The van der Waals surface area contributed by atoms with Crippen LogP contribution in [0.15, 0.2) is 24.5 Å². The first-order valence-corrected chi connectivity index (χ1v) is 3.93. The van der Waals surface area contributed by atoms with Gasteiger partial charge in [0.05, 0.1) is 6.08 Å². The van der Waals surface area contributed by atoms with Crippen molar-refractivity contribution < 1.29 is 14.3 Å². The van der Waals surface area contributed by atoms with Crippen LogP contribution in [0.3, 0.4) is 0 Å². The van der Waals surface area contributed by atoms with Gasteiger partial charge in [-0.3, -0.25) is 0 Å². The summed E-state index contributed by atoms with van der Waals surface area (Å²) in [7, 11) is 0. The molecule has 1 aliphatic rings. The second kappa shape index (κ2) is 3.95. The van der Waals surface area contributed by atoms with Gasteiger partial charge in [-0.05, 0) is 6.42 Å². The van der Waals surface area contributed by atoms with Gasteiger partial charge in [-0.2, -0.15) is 0 Å². The Hall–Kier alpha value is -1.25. The van der Waals surface area contributed by atoms with Gasteiger partial charge in [-0.15, -0.1) is 0 Å². The Morgan fingerprint density at radius 2 is 2.58 bits per heavy atom. The molecule has 0 aromatic rings. The van der Waals surface area contributed by atoms with Crippen LogP contribution in [-0.4, -0.2) is 18.7 Å². The van der Waals surface area contributed by atoms with Crippen molar-refractivity contribution in [1.29, 1.82) is 0 Å². The molecule has 3 nitrogen and oxygen atoms in total. The van der Waals surface area contributed by atoms with Crippen molar-refractivity contribution in [3.8, 4) is 0 Å². The van der Waals surface area contributed by atoms with Gasteiger partial charge in [0.2, 0.25) is 0 Å². The fourth-order valence-corrected chi connectivity index (χ4v) is 1.02. The Kier molecular flexibility index (Phi) is 2.91. The van der Waals surface area contributed by atoms with Crippen molar-refractivity contribution in [3.05, 3.63) is 24.5 Å². The first-order valence-electron chi connectivity index (χ1n) is 3.93. The van der Waals surface area contributed by atoms with Crippen LogP contribution < -0.4 is 0 Å². The lowest BCUT2D eigenvalue weighted by Gasteiger charge is -2.11. The molecule has 0 spiro atoms. The molecule has 0 amide bonds. The maximum atomic E-state index is 10.8. The van der Waals surface area contributed by atoms with E-state index < -0.39 is 0 Å². The third kappa shape index (κ3) is 1.87. The van der Waals surface area contributed by atoms with Gasteiger partial charge >= 0.3 is 5.97 Å². The summed E-state index contributed by atoms with van der Waals surface area (Å²) < 4.78 is 10.2. The first kappa shape index (κ1) is 8.84. The van der Waals surface area contributed by atoms with E-state index in [1.165, 1.54) is 6.08 Å². The van der Waals surface area contributed by atoms with E-state index in [0.717, 1.165) is 6.42 Å². The highest BCUT2D eigenvalue weighted by atomic mass is 16.6. The van der Waals surface area contributed by atoms with Crippen molar-refractivity contribution in [3.63, 3.8) is 0 Å². The molecule has 0 aliphatic carbocycles. The Bertz CT molecular complexity index is 218. The Morgan fingerprint density at radius 1 is 1.83 bits per heavy atom. The van der Waals surface area contributed by atoms with Crippen molar-refractivity contribution in [1.82, 2.24) is 0 Å². The minimum Gasteiger partial charge on any atom is -0.490 e. The number of esters is 1. The third-order valence-electron chi connectivity index (χ3n) is 1.57. The molecule has 66 valence electrons. The lowest BCUT2D eigenvalue weighted by Crippen LogP contribution is -2.12. The highest BCUT2D eigenvalue weighted by molar-refractivity contribution is 5.85. The summed E-state index contributed by atoms with van der Waals surface area (Å²) in [6, 6.07) is 0. The fraction of sp³-hybridized carbons (Fsp3) is 0.444. The molecule has 0 saturated heterocycles.